The standard InChI is InChI=1S/C14H25NO2/c1-11-3-2-4-13(9-11)15-7-5-12(6-8-15)10-14(16)17/h11-13H,2-10H2,1H3,(H,16,17). The second kappa shape index (κ2) is 5.85. The van der Waals surface area contributed by atoms with E-state index in [0.717, 1.165) is 37.9 Å². The van der Waals surface area contributed by atoms with E-state index in [4.69, 9.17) is 5.11 Å². The minimum Gasteiger partial charge on any atom is -0.481 e. The van der Waals surface area contributed by atoms with Crippen LogP contribution in [0.25, 0.3) is 0 Å². The van der Waals surface area contributed by atoms with Gasteiger partial charge in [0.25, 0.3) is 0 Å². The van der Waals surface area contributed by atoms with Gasteiger partial charge in [-0.1, -0.05) is 19.8 Å². The number of carboxylic acid groups (broad SMARTS) is 1. The quantitative estimate of drug-likeness (QED) is 0.823. The van der Waals surface area contributed by atoms with Gasteiger partial charge in [-0.2, -0.15) is 0 Å². The van der Waals surface area contributed by atoms with E-state index >= 15 is 0 Å². The SMILES string of the molecule is CC1CCCC(N2CCC(CC(=O)O)CC2)C1. The summed E-state index contributed by atoms with van der Waals surface area (Å²) in [5, 5.41) is 8.80. The summed E-state index contributed by atoms with van der Waals surface area (Å²) in [4.78, 5) is 13.3. The van der Waals surface area contributed by atoms with Crippen molar-refractivity contribution in [2.75, 3.05) is 13.1 Å². The predicted octanol–water partition coefficient (Wildman–Crippen LogP) is 2.75. The molecule has 17 heavy (non-hydrogen) atoms. The molecule has 0 spiro atoms. The number of hydrogen-bond acceptors (Lipinski definition) is 2. The third-order valence-corrected chi connectivity index (χ3v) is 4.54. The van der Waals surface area contributed by atoms with Crippen LogP contribution >= 0.6 is 0 Å². The van der Waals surface area contributed by atoms with Crippen molar-refractivity contribution >= 4 is 5.97 Å². The molecular weight excluding hydrogens is 214 g/mol. The molecule has 2 rings (SSSR count). The van der Waals surface area contributed by atoms with Gasteiger partial charge in [-0.15, -0.1) is 0 Å². The van der Waals surface area contributed by atoms with Crippen molar-refractivity contribution in [1.29, 1.82) is 0 Å². The second-order valence-corrected chi connectivity index (χ2v) is 6.00. The van der Waals surface area contributed by atoms with Gasteiger partial charge < -0.3 is 10.0 Å². The van der Waals surface area contributed by atoms with Gasteiger partial charge in [0, 0.05) is 12.5 Å². The van der Waals surface area contributed by atoms with Crippen LogP contribution in [0.1, 0.15) is 51.9 Å². The van der Waals surface area contributed by atoms with Crippen LogP contribution < -0.4 is 0 Å². The molecule has 1 N–H and O–H groups in total. The van der Waals surface area contributed by atoms with Crippen LogP contribution in [0.3, 0.4) is 0 Å². The summed E-state index contributed by atoms with van der Waals surface area (Å²) in [6.07, 6.45) is 8.01. The first kappa shape index (κ1) is 12.9. The maximum absolute atomic E-state index is 10.7. The van der Waals surface area contributed by atoms with Gasteiger partial charge in [-0.05, 0) is 50.6 Å². The molecule has 0 aromatic rings. The highest BCUT2D eigenvalue weighted by atomic mass is 16.4. The molecule has 3 nitrogen and oxygen atoms in total. The minimum absolute atomic E-state index is 0.370. The molecule has 1 aliphatic carbocycles. The fourth-order valence-electron chi connectivity index (χ4n) is 3.50. The molecule has 0 aromatic heterocycles. The predicted molar refractivity (Wildman–Crippen MR) is 68.0 cm³/mol. The van der Waals surface area contributed by atoms with Crippen molar-refractivity contribution in [1.82, 2.24) is 4.90 Å². The number of rotatable bonds is 3. The van der Waals surface area contributed by atoms with E-state index in [1.54, 1.807) is 0 Å². The number of hydrogen-bond donors (Lipinski definition) is 1. The maximum atomic E-state index is 10.7. The molecule has 1 saturated carbocycles. The van der Waals surface area contributed by atoms with Gasteiger partial charge in [-0.25, -0.2) is 0 Å². The number of nitrogens with zero attached hydrogens (tertiary/aromatic N) is 1. The van der Waals surface area contributed by atoms with Crippen LogP contribution in [-0.4, -0.2) is 35.1 Å². The number of carbonyl (C=O) groups is 1. The number of aliphatic carboxylic acids is 1. The van der Waals surface area contributed by atoms with Crippen molar-refractivity contribution < 1.29 is 9.90 Å². The Labute approximate surface area is 104 Å². The summed E-state index contributed by atoms with van der Waals surface area (Å²) in [6.45, 7) is 4.61. The van der Waals surface area contributed by atoms with Crippen LogP contribution in [-0.2, 0) is 4.79 Å². The third-order valence-electron chi connectivity index (χ3n) is 4.54. The summed E-state index contributed by atoms with van der Waals surface area (Å²) in [5.74, 6) is 0.671. The van der Waals surface area contributed by atoms with Crippen molar-refractivity contribution in [3.05, 3.63) is 0 Å². The Morgan fingerprint density at radius 1 is 1.24 bits per heavy atom. The van der Waals surface area contributed by atoms with Gasteiger partial charge >= 0.3 is 5.97 Å². The van der Waals surface area contributed by atoms with Crippen molar-refractivity contribution in [3.63, 3.8) is 0 Å². The van der Waals surface area contributed by atoms with Gasteiger partial charge in [0.05, 0.1) is 0 Å². The topological polar surface area (TPSA) is 40.5 Å². The molecule has 0 radical (unpaired) electrons. The lowest BCUT2D eigenvalue weighted by Crippen LogP contribution is -2.43. The Kier molecular flexibility index (Phi) is 4.43. The molecule has 2 unspecified atom stereocenters. The first-order valence-electron chi connectivity index (χ1n) is 7.11. The lowest BCUT2D eigenvalue weighted by Gasteiger charge is -2.40. The highest BCUT2D eigenvalue weighted by Crippen LogP contribution is 2.30. The van der Waals surface area contributed by atoms with Crippen LogP contribution in [0.5, 0.6) is 0 Å². The number of piperidine rings is 1. The molecule has 0 aromatic carbocycles. The van der Waals surface area contributed by atoms with Crippen LogP contribution in [0.2, 0.25) is 0 Å². The zero-order chi connectivity index (χ0) is 12.3. The van der Waals surface area contributed by atoms with E-state index in [1.165, 1.54) is 25.7 Å². The smallest absolute Gasteiger partial charge is 0.303 e. The van der Waals surface area contributed by atoms with E-state index in [0.29, 0.717) is 12.3 Å². The van der Waals surface area contributed by atoms with Gasteiger partial charge in [0.15, 0.2) is 0 Å². The fraction of sp³-hybridized carbons (Fsp3) is 0.929. The van der Waals surface area contributed by atoms with E-state index < -0.39 is 5.97 Å². The first-order valence-corrected chi connectivity index (χ1v) is 7.11. The molecule has 0 bridgehead atoms. The molecule has 1 heterocycles. The molecule has 3 heteroatoms. The van der Waals surface area contributed by atoms with E-state index in [-0.39, 0.29) is 0 Å². The lowest BCUT2D eigenvalue weighted by atomic mass is 9.84. The Hall–Kier alpha value is -0.570. The van der Waals surface area contributed by atoms with E-state index in [1.807, 2.05) is 0 Å². The lowest BCUT2D eigenvalue weighted by molar-refractivity contribution is -0.138. The number of carboxylic acids is 1. The Morgan fingerprint density at radius 2 is 1.94 bits per heavy atom. The Morgan fingerprint density at radius 3 is 2.53 bits per heavy atom. The highest BCUT2D eigenvalue weighted by molar-refractivity contribution is 5.67. The molecule has 2 fully saturated rings. The average molecular weight is 239 g/mol. The van der Waals surface area contributed by atoms with E-state index in [9.17, 15) is 4.79 Å². The molecule has 1 saturated heterocycles. The van der Waals surface area contributed by atoms with Crippen molar-refractivity contribution in [2.45, 2.75) is 57.9 Å². The summed E-state index contributed by atoms with van der Waals surface area (Å²) >= 11 is 0. The minimum atomic E-state index is -0.630. The van der Waals surface area contributed by atoms with Gasteiger partial charge in [0.1, 0.15) is 0 Å². The molecular formula is C14H25NO2. The van der Waals surface area contributed by atoms with Gasteiger partial charge in [-0.3, -0.25) is 4.79 Å². The van der Waals surface area contributed by atoms with E-state index in [2.05, 4.69) is 11.8 Å². The monoisotopic (exact) mass is 239 g/mol. The second-order valence-electron chi connectivity index (χ2n) is 6.00. The molecule has 2 aliphatic rings. The van der Waals surface area contributed by atoms with Crippen LogP contribution in [0.15, 0.2) is 0 Å². The molecule has 0 amide bonds. The van der Waals surface area contributed by atoms with Crippen molar-refractivity contribution in [3.8, 4) is 0 Å². The Balaban J connectivity index is 1.76. The normalized spacial score (nSPS) is 32.5. The average Bonchev–Trinajstić information content (AvgIpc) is 2.29. The summed E-state index contributed by atoms with van der Waals surface area (Å²) in [7, 11) is 0. The van der Waals surface area contributed by atoms with Gasteiger partial charge in [0.2, 0.25) is 0 Å². The van der Waals surface area contributed by atoms with Crippen LogP contribution in [0, 0.1) is 11.8 Å². The zero-order valence-corrected chi connectivity index (χ0v) is 10.9. The molecule has 1 aliphatic heterocycles. The fourth-order valence-corrected chi connectivity index (χ4v) is 3.50. The maximum Gasteiger partial charge on any atom is 0.303 e. The first-order chi connectivity index (χ1) is 8.15. The number of likely N-dealkylation sites (tertiary alicyclic amines) is 1. The zero-order valence-electron chi connectivity index (χ0n) is 10.9. The highest BCUT2D eigenvalue weighted by Gasteiger charge is 2.28. The largest absolute Gasteiger partial charge is 0.481 e. The molecule has 2 atom stereocenters. The summed E-state index contributed by atoms with van der Waals surface area (Å²) < 4.78 is 0. The summed E-state index contributed by atoms with van der Waals surface area (Å²) in [5.41, 5.74) is 0. The molecule has 98 valence electrons. The van der Waals surface area contributed by atoms with Crippen LogP contribution in [0.4, 0.5) is 0 Å². The van der Waals surface area contributed by atoms with Crippen molar-refractivity contribution in [2.24, 2.45) is 11.8 Å². The third kappa shape index (κ3) is 3.70. The Bertz CT molecular complexity index is 259. The summed E-state index contributed by atoms with van der Waals surface area (Å²) in [6, 6.07) is 0.782.